The second-order valence-electron chi connectivity index (χ2n) is 4.81. The van der Waals surface area contributed by atoms with E-state index in [1.807, 2.05) is 0 Å². The fraction of sp³-hybridized carbons (Fsp3) is 0.700. The Labute approximate surface area is 113 Å². The molecule has 2 rings (SSSR count). The van der Waals surface area contributed by atoms with Gasteiger partial charge < -0.3 is 4.57 Å². The molecule has 0 unspecified atom stereocenters. The van der Waals surface area contributed by atoms with Crippen LogP contribution in [0.5, 0.6) is 0 Å². The van der Waals surface area contributed by atoms with Crippen molar-refractivity contribution in [2.24, 2.45) is 7.05 Å². The highest BCUT2D eigenvalue weighted by Gasteiger charge is 2.33. The Morgan fingerprint density at radius 2 is 1.79 bits per heavy atom. The average Bonchev–Trinajstić information content (AvgIpc) is 2.76. The van der Waals surface area contributed by atoms with Crippen molar-refractivity contribution in [3.63, 3.8) is 0 Å². The maximum atomic E-state index is 12.3. The molecule has 0 saturated carbocycles. The lowest BCUT2D eigenvalue weighted by atomic mass is 10.2. The van der Waals surface area contributed by atoms with Crippen molar-refractivity contribution in [3.8, 4) is 0 Å². The van der Waals surface area contributed by atoms with Crippen LogP contribution in [0.2, 0.25) is 0 Å². The van der Waals surface area contributed by atoms with Gasteiger partial charge in [0, 0.05) is 32.6 Å². The van der Waals surface area contributed by atoms with Gasteiger partial charge in [0.25, 0.3) is 10.0 Å². The van der Waals surface area contributed by atoms with Gasteiger partial charge in [-0.05, 0) is 12.8 Å². The van der Waals surface area contributed by atoms with Crippen LogP contribution in [0.25, 0.3) is 0 Å². The molecular formula is C10H17N3O4S2. The maximum absolute atomic E-state index is 12.3. The number of nitrogens with zero attached hydrogens (tertiary/aromatic N) is 3. The van der Waals surface area contributed by atoms with E-state index < -0.39 is 25.1 Å². The molecule has 7 nitrogen and oxygen atoms in total. The summed E-state index contributed by atoms with van der Waals surface area (Å²) >= 11 is 0. The normalized spacial score (nSPS) is 19.7. The minimum absolute atomic E-state index is 0.00723. The van der Waals surface area contributed by atoms with Crippen LogP contribution in [-0.2, 0) is 26.9 Å². The number of imidazole rings is 1. The van der Waals surface area contributed by atoms with Crippen molar-refractivity contribution in [1.82, 2.24) is 13.9 Å². The van der Waals surface area contributed by atoms with Gasteiger partial charge in [-0.1, -0.05) is 0 Å². The molecule has 1 saturated heterocycles. The van der Waals surface area contributed by atoms with E-state index in [0.29, 0.717) is 12.8 Å². The number of sulfone groups is 1. The standard InChI is InChI=1S/C10H17N3O4S2/c1-12-7-10(11-8-12)19(16,17)13-5-3-9(4-6-13)18(2,14)15/h7-9H,3-6H2,1-2H3. The number of hydrogen-bond donors (Lipinski definition) is 0. The fourth-order valence-electron chi connectivity index (χ4n) is 2.15. The van der Waals surface area contributed by atoms with Crippen molar-refractivity contribution >= 4 is 19.9 Å². The second kappa shape index (κ2) is 4.88. The highest BCUT2D eigenvalue weighted by atomic mass is 32.2. The smallest absolute Gasteiger partial charge is 0.262 e. The molecule has 108 valence electrons. The van der Waals surface area contributed by atoms with Crippen molar-refractivity contribution in [3.05, 3.63) is 12.5 Å². The minimum Gasteiger partial charge on any atom is -0.339 e. The zero-order valence-corrected chi connectivity index (χ0v) is 12.5. The van der Waals surface area contributed by atoms with Gasteiger partial charge in [-0.25, -0.2) is 21.8 Å². The Morgan fingerprint density at radius 1 is 1.21 bits per heavy atom. The van der Waals surface area contributed by atoms with E-state index in [2.05, 4.69) is 4.98 Å². The molecule has 0 N–H and O–H groups in total. The third kappa shape index (κ3) is 2.98. The predicted molar refractivity (Wildman–Crippen MR) is 69.8 cm³/mol. The van der Waals surface area contributed by atoms with E-state index in [1.54, 1.807) is 11.6 Å². The number of aryl methyl sites for hydroxylation is 1. The summed E-state index contributed by atoms with van der Waals surface area (Å²) in [5.74, 6) is 0. The van der Waals surface area contributed by atoms with Crippen molar-refractivity contribution in [1.29, 1.82) is 0 Å². The third-order valence-electron chi connectivity index (χ3n) is 3.29. The largest absolute Gasteiger partial charge is 0.339 e. The van der Waals surface area contributed by atoms with Gasteiger partial charge in [0.15, 0.2) is 5.03 Å². The van der Waals surface area contributed by atoms with E-state index in [9.17, 15) is 16.8 Å². The lowest BCUT2D eigenvalue weighted by molar-refractivity contribution is 0.345. The first kappa shape index (κ1) is 14.5. The molecule has 1 aromatic heterocycles. The summed E-state index contributed by atoms with van der Waals surface area (Å²) in [7, 11) is -5.00. The molecule has 0 radical (unpaired) electrons. The molecule has 0 spiro atoms. The molecule has 0 amide bonds. The summed E-state index contributed by atoms with van der Waals surface area (Å²) in [6, 6.07) is 0. The number of aromatic nitrogens is 2. The number of piperidine rings is 1. The van der Waals surface area contributed by atoms with E-state index in [1.165, 1.54) is 23.1 Å². The molecule has 0 aromatic carbocycles. The maximum Gasteiger partial charge on any atom is 0.262 e. The van der Waals surface area contributed by atoms with Gasteiger partial charge in [-0.3, -0.25) is 0 Å². The van der Waals surface area contributed by atoms with E-state index >= 15 is 0 Å². The Hall–Kier alpha value is -0.930. The van der Waals surface area contributed by atoms with Crippen molar-refractivity contribution in [2.75, 3.05) is 19.3 Å². The second-order valence-corrected chi connectivity index (χ2v) is 9.02. The highest BCUT2D eigenvalue weighted by Crippen LogP contribution is 2.22. The van der Waals surface area contributed by atoms with Crippen LogP contribution in [0.4, 0.5) is 0 Å². The molecule has 1 aliphatic rings. The monoisotopic (exact) mass is 307 g/mol. The van der Waals surface area contributed by atoms with E-state index in [4.69, 9.17) is 0 Å². The molecule has 0 atom stereocenters. The summed E-state index contributed by atoms with van der Waals surface area (Å²) in [6.07, 6.45) is 4.74. The van der Waals surface area contributed by atoms with Crippen molar-refractivity contribution in [2.45, 2.75) is 23.1 Å². The predicted octanol–water partition coefficient (Wildman–Crippen LogP) is -0.382. The molecular weight excluding hydrogens is 290 g/mol. The summed E-state index contributed by atoms with van der Waals surface area (Å²) in [5.41, 5.74) is 0. The molecule has 0 aliphatic carbocycles. The number of hydrogen-bond acceptors (Lipinski definition) is 5. The lowest BCUT2D eigenvalue weighted by Gasteiger charge is -2.29. The van der Waals surface area contributed by atoms with Crippen LogP contribution in [0.15, 0.2) is 17.6 Å². The molecule has 0 bridgehead atoms. The first-order valence-corrected chi connectivity index (χ1v) is 9.27. The Kier molecular flexibility index (Phi) is 3.72. The number of sulfonamides is 1. The summed E-state index contributed by atoms with van der Waals surface area (Å²) in [4.78, 5) is 3.85. The summed E-state index contributed by atoms with van der Waals surface area (Å²) < 4.78 is 50.2. The first-order chi connectivity index (χ1) is 8.71. The summed E-state index contributed by atoms with van der Waals surface area (Å²) in [5, 5.41) is -0.435. The average molecular weight is 307 g/mol. The Balaban J connectivity index is 2.14. The SMILES string of the molecule is Cn1cnc(S(=O)(=O)N2CCC(S(C)(=O)=O)CC2)c1. The lowest BCUT2D eigenvalue weighted by Crippen LogP contribution is -2.42. The van der Waals surface area contributed by atoms with Crippen LogP contribution >= 0.6 is 0 Å². The van der Waals surface area contributed by atoms with Crippen molar-refractivity contribution < 1.29 is 16.8 Å². The van der Waals surface area contributed by atoms with Gasteiger partial charge in [0.2, 0.25) is 0 Å². The summed E-state index contributed by atoms with van der Waals surface area (Å²) in [6.45, 7) is 0.438. The van der Waals surface area contributed by atoms with E-state index in [0.717, 1.165) is 0 Å². The van der Waals surface area contributed by atoms with Crippen LogP contribution < -0.4 is 0 Å². The molecule has 1 aliphatic heterocycles. The molecule has 19 heavy (non-hydrogen) atoms. The zero-order chi connectivity index (χ0) is 14.3. The van der Waals surface area contributed by atoms with Crippen LogP contribution in [0, 0.1) is 0 Å². The first-order valence-electron chi connectivity index (χ1n) is 5.88. The van der Waals surface area contributed by atoms with Gasteiger partial charge in [-0.15, -0.1) is 0 Å². The molecule has 1 aromatic rings. The zero-order valence-electron chi connectivity index (χ0n) is 10.9. The third-order valence-corrected chi connectivity index (χ3v) is 6.76. The van der Waals surface area contributed by atoms with Gasteiger partial charge in [0.1, 0.15) is 9.84 Å². The van der Waals surface area contributed by atoms with Gasteiger partial charge >= 0.3 is 0 Å². The Bertz CT molecular complexity index is 655. The van der Waals surface area contributed by atoms with E-state index in [-0.39, 0.29) is 18.1 Å². The quantitative estimate of drug-likeness (QED) is 0.759. The molecule has 1 fully saturated rings. The fourth-order valence-corrected chi connectivity index (χ4v) is 4.66. The molecule has 9 heteroatoms. The topological polar surface area (TPSA) is 89.3 Å². The van der Waals surface area contributed by atoms with Crippen LogP contribution in [0.3, 0.4) is 0 Å². The van der Waals surface area contributed by atoms with Gasteiger partial charge in [-0.2, -0.15) is 4.31 Å². The Morgan fingerprint density at radius 3 is 2.21 bits per heavy atom. The number of rotatable bonds is 3. The highest BCUT2D eigenvalue weighted by molar-refractivity contribution is 7.91. The minimum atomic E-state index is -3.60. The van der Waals surface area contributed by atoms with Gasteiger partial charge in [0.05, 0.1) is 11.6 Å². The van der Waals surface area contributed by atoms with Crippen LogP contribution in [-0.4, -0.2) is 55.3 Å². The molecule has 2 heterocycles. The van der Waals surface area contributed by atoms with Crippen LogP contribution in [0.1, 0.15) is 12.8 Å².